The van der Waals surface area contributed by atoms with Crippen LogP contribution in [0.1, 0.15) is 22.9 Å². The van der Waals surface area contributed by atoms with Crippen molar-refractivity contribution in [2.45, 2.75) is 5.92 Å². The summed E-state index contributed by atoms with van der Waals surface area (Å²) in [7, 11) is 0. The predicted molar refractivity (Wildman–Crippen MR) is 100 cm³/mol. The number of para-hydroxylation sites is 1. The molecule has 1 aromatic heterocycles. The molecule has 5 rings (SSSR count). The largest absolute Gasteiger partial charge is 0.493 e. The Labute approximate surface area is 149 Å². The summed E-state index contributed by atoms with van der Waals surface area (Å²) in [6.45, 7) is 1.14. The zero-order valence-corrected chi connectivity index (χ0v) is 13.9. The molecule has 0 aliphatic carbocycles. The van der Waals surface area contributed by atoms with E-state index in [9.17, 15) is 5.11 Å². The lowest BCUT2D eigenvalue weighted by atomic mass is 9.99. The fourth-order valence-electron chi connectivity index (χ4n) is 3.30. The van der Waals surface area contributed by atoms with Gasteiger partial charge in [0.2, 0.25) is 5.88 Å². The van der Waals surface area contributed by atoms with Gasteiger partial charge in [-0.25, -0.2) is 4.98 Å². The van der Waals surface area contributed by atoms with Gasteiger partial charge in [0.25, 0.3) is 0 Å². The summed E-state index contributed by atoms with van der Waals surface area (Å²) in [4.78, 5) is 8.94. The molecule has 3 aromatic rings. The second-order valence-electron chi connectivity index (χ2n) is 6.39. The minimum Gasteiger partial charge on any atom is -0.493 e. The third-order valence-corrected chi connectivity index (χ3v) is 4.70. The fourth-order valence-corrected chi connectivity index (χ4v) is 3.30. The van der Waals surface area contributed by atoms with E-state index in [1.807, 2.05) is 54.8 Å². The van der Waals surface area contributed by atoms with Crippen molar-refractivity contribution in [3.8, 4) is 11.6 Å². The minimum atomic E-state index is -0.0190. The summed E-state index contributed by atoms with van der Waals surface area (Å²) < 4.78 is 5.78. The molecule has 0 spiro atoms. The van der Waals surface area contributed by atoms with Gasteiger partial charge in [-0.2, -0.15) is 10.1 Å². The second kappa shape index (κ2) is 5.84. The number of nitrogens with zero attached hydrogens (tertiary/aromatic N) is 3. The average molecular weight is 344 g/mol. The van der Waals surface area contributed by atoms with Gasteiger partial charge in [-0.15, -0.1) is 0 Å². The van der Waals surface area contributed by atoms with Crippen LogP contribution >= 0.6 is 0 Å². The lowest BCUT2D eigenvalue weighted by Gasteiger charge is -2.17. The molecular formula is C20H16N4O2. The van der Waals surface area contributed by atoms with Gasteiger partial charge in [-0.3, -0.25) is 0 Å². The first kappa shape index (κ1) is 14.9. The molecule has 0 bridgehead atoms. The molecule has 2 aliphatic rings. The molecule has 2 aromatic carbocycles. The van der Waals surface area contributed by atoms with Gasteiger partial charge in [0, 0.05) is 29.8 Å². The van der Waals surface area contributed by atoms with Crippen LogP contribution in [0.15, 0.2) is 47.6 Å². The molecule has 6 heteroatoms. The maximum atomic E-state index is 10.5. The maximum absolute atomic E-state index is 10.5. The first-order chi connectivity index (χ1) is 12.8. The van der Waals surface area contributed by atoms with E-state index in [1.54, 1.807) is 0 Å². The molecular weight excluding hydrogens is 328 g/mol. The number of aromatic hydroxyl groups is 1. The molecule has 3 heterocycles. The molecule has 128 valence electrons. The summed E-state index contributed by atoms with van der Waals surface area (Å²) >= 11 is 0. The molecule has 2 aliphatic heterocycles. The Kier molecular flexibility index (Phi) is 3.35. The Bertz CT molecular complexity index is 1070. The summed E-state index contributed by atoms with van der Waals surface area (Å²) in [5, 5.41) is 15.2. The molecule has 0 saturated carbocycles. The van der Waals surface area contributed by atoms with Crippen molar-refractivity contribution in [3.63, 3.8) is 0 Å². The molecule has 6 nitrogen and oxygen atoms in total. The number of rotatable bonds is 2. The van der Waals surface area contributed by atoms with Crippen LogP contribution in [0.4, 0.5) is 0 Å². The number of hydrazone groups is 1. The van der Waals surface area contributed by atoms with Crippen molar-refractivity contribution < 1.29 is 9.84 Å². The predicted octanol–water partition coefficient (Wildman–Crippen LogP) is 2.94. The maximum Gasteiger partial charge on any atom is 0.222 e. The normalized spacial score (nSPS) is 18.2. The smallest absolute Gasteiger partial charge is 0.222 e. The highest BCUT2D eigenvalue weighted by atomic mass is 16.5. The minimum absolute atomic E-state index is 0.0190. The molecule has 0 saturated heterocycles. The van der Waals surface area contributed by atoms with E-state index in [2.05, 4.69) is 20.5 Å². The van der Waals surface area contributed by atoms with Crippen LogP contribution in [-0.2, 0) is 0 Å². The summed E-state index contributed by atoms with van der Waals surface area (Å²) in [6.07, 6.45) is 3.88. The van der Waals surface area contributed by atoms with E-state index in [4.69, 9.17) is 4.74 Å². The highest BCUT2D eigenvalue weighted by molar-refractivity contribution is 5.89. The number of fused-ring (bicyclic) bond motifs is 2. The van der Waals surface area contributed by atoms with Gasteiger partial charge in [0.1, 0.15) is 12.4 Å². The number of aromatic nitrogens is 2. The van der Waals surface area contributed by atoms with E-state index >= 15 is 0 Å². The van der Waals surface area contributed by atoms with Crippen molar-refractivity contribution >= 4 is 28.8 Å². The van der Waals surface area contributed by atoms with Crippen LogP contribution in [0.3, 0.4) is 0 Å². The number of benzene rings is 2. The average Bonchev–Trinajstić information content (AvgIpc) is 3.22. The van der Waals surface area contributed by atoms with Crippen molar-refractivity contribution in [1.82, 2.24) is 15.4 Å². The zero-order valence-electron chi connectivity index (χ0n) is 13.9. The Morgan fingerprint density at radius 1 is 1.12 bits per heavy atom. The van der Waals surface area contributed by atoms with Gasteiger partial charge in [0.15, 0.2) is 5.82 Å². The molecule has 2 N–H and O–H groups in total. The summed E-state index contributed by atoms with van der Waals surface area (Å²) in [6, 6.07) is 13.7. The third-order valence-electron chi connectivity index (χ3n) is 4.70. The third kappa shape index (κ3) is 2.47. The Balaban J connectivity index is 1.57. The molecule has 0 radical (unpaired) electrons. The van der Waals surface area contributed by atoms with Gasteiger partial charge >= 0.3 is 0 Å². The fraction of sp³-hybridized carbons (Fsp3) is 0.150. The van der Waals surface area contributed by atoms with E-state index < -0.39 is 0 Å². The summed E-state index contributed by atoms with van der Waals surface area (Å²) in [5.74, 6) is 1.51. The molecule has 0 fully saturated rings. The van der Waals surface area contributed by atoms with Gasteiger partial charge < -0.3 is 15.3 Å². The van der Waals surface area contributed by atoms with Crippen LogP contribution in [0, 0.1) is 0 Å². The summed E-state index contributed by atoms with van der Waals surface area (Å²) in [5.41, 5.74) is 6.56. The Hall–Kier alpha value is -3.41. The quantitative estimate of drug-likeness (QED) is 0.747. The molecule has 1 atom stereocenters. The number of hydrogen-bond donors (Lipinski definition) is 2. The lowest BCUT2D eigenvalue weighted by Crippen LogP contribution is -2.10. The number of hydrogen-bond acceptors (Lipinski definition) is 6. The standard InChI is InChI=1S/C20H16N4O2/c25-20-16-8-12(15-9-21-22-10-15)5-6-17(16)23-19(24-20)14-7-13-3-1-2-4-18(13)26-11-14/h1-9,15,22H,10-11H2,(H,23,24,25). The first-order valence-electron chi connectivity index (χ1n) is 8.47. The van der Waals surface area contributed by atoms with Gasteiger partial charge in [0.05, 0.1) is 10.9 Å². The van der Waals surface area contributed by atoms with E-state index in [0.717, 1.165) is 29.0 Å². The van der Waals surface area contributed by atoms with Crippen molar-refractivity contribution in [3.05, 3.63) is 59.4 Å². The van der Waals surface area contributed by atoms with Crippen LogP contribution in [0.25, 0.3) is 22.6 Å². The first-order valence-corrected chi connectivity index (χ1v) is 8.47. The van der Waals surface area contributed by atoms with Crippen LogP contribution in [-0.4, -0.2) is 34.4 Å². The highest BCUT2D eigenvalue weighted by Gasteiger charge is 2.18. The molecule has 1 unspecified atom stereocenters. The number of nitrogens with one attached hydrogen (secondary N) is 1. The van der Waals surface area contributed by atoms with Crippen LogP contribution in [0.5, 0.6) is 11.6 Å². The zero-order chi connectivity index (χ0) is 17.5. The highest BCUT2D eigenvalue weighted by Crippen LogP contribution is 2.32. The van der Waals surface area contributed by atoms with Crippen LogP contribution < -0.4 is 10.2 Å². The van der Waals surface area contributed by atoms with Gasteiger partial charge in [-0.1, -0.05) is 24.3 Å². The Morgan fingerprint density at radius 3 is 2.92 bits per heavy atom. The van der Waals surface area contributed by atoms with Gasteiger partial charge in [-0.05, 0) is 29.8 Å². The lowest BCUT2D eigenvalue weighted by molar-refractivity contribution is 0.364. The monoisotopic (exact) mass is 344 g/mol. The molecule has 0 amide bonds. The number of ether oxygens (including phenoxy) is 1. The van der Waals surface area contributed by atoms with E-state index in [-0.39, 0.29) is 11.8 Å². The van der Waals surface area contributed by atoms with Crippen molar-refractivity contribution in [1.29, 1.82) is 0 Å². The second-order valence-corrected chi connectivity index (χ2v) is 6.39. The Morgan fingerprint density at radius 2 is 2.04 bits per heavy atom. The molecule has 26 heavy (non-hydrogen) atoms. The topological polar surface area (TPSA) is 79.6 Å². The van der Waals surface area contributed by atoms with Crippen LogP contribution in [0.2, 0.25) is 0 Å². The SMILES string of the molecule is Oc1nc(C2=Cc3ccccc3OC2)nc2ccc(C3C=NNC3)cc12. The van der Waals surface area contributed by atoms with E-state index in [0.29, 0.717) is 23.3 Å². The van der Waals surface area contributed by atoms with Crippen molar-refractivity contribution in [2.75, 3.05) is 13.2 Å². The van der Waals surface area contributed by atoms with E-state index in [1.165, 1.54) is 0 Å². The van der Waals surface area contributed by atoms with Crippen molar-refractivity contribution in [2.24, 2.45) is 5.10 Å².